The summed E-state index contributed by atoms with van der Waals surface area (Å²) in [6.07, 6.45) is 2.35. The number of rotatable bonds is 2. The third kappa shape index (κ3) is 1.17. The standard InChI is InChI=1S/C15H21NSi/c1-8(2)11-7-10-13(16-11)15-12(9(3)4)14(10)17(15,5)6/h7-9H,1-6H3. The Morgan fingerprint density at radius 1 is 1.00 bits per heavy atom. The van der Waals surface area contributed by atoms with Crippen LogP contribution in [0.2, 0.25) is 13.1 Å². The van der Waals surface area contributed by atoms with Gasteiger partial charge in [-0.3, -0.25) is 4.99 Å². The summed E-state index contributed by atoms with van der Waals surface area (Å²) in [7, 11) is -1.25. The van der Waals surface area contributed by atoms with Crippen molar-refractivity contribution in [2.75, 3.05) is 0 Å². The normalized spacial score (nSPS) is 24.5. The van der Waals surface area contributed by atoms with E-state index in [1.54, 1.807) is 16.0 Å². The van der Waals surface area contributed by atoms with E-state index >= 15 is 0 Å². The monoisotopic (exact) mass is 243 g/mol. The van der Waals surface area contributed by atoms with Gasteiger partial charge in [0.15, 0.2) is 0 Å². The lowest BCUT2D eigenvalue weighted by molar-refractivity contribution is 0.776. The summed E-state index contributed by atoms with van der Waals surface area (Å²) < 4.78 is 0. The molecule has 0 atom stereocenters. The lowest BCUT2D eigenvalue weighted by Crippen LogP contribution is -2.41. The molecular weight excluding hydrogens is 222 g/mol. The van der Waals surface area contributed by atoms with E-state index in [2.05, 4.69) is 46.9 Å². The van der Waals surface area contributed by atoms with Crippen LogP contribution in [0.15, 0.2) is 38.3 Å². The smallest absolute Gasteiger partial charge is 0.116 e. The molecule has 0 fully saturated rings. The Bertz CT molecular complexity index is 539. The maximum absolute atomic E-state index is 4.90. The number of aliphatic imine (C=N–C) groups is 1. The van der Waals surface area contributed by atoms with Crippen molar-refractivity contribution in [2.45, 2.75) is 40.8 Å². The summed E-state index contributed by atoms with van der Waals surface area (Å²) in [5, 5.41) is 3.36. The molecule has 0 saturated heterocycles. The molecule has 3 heterocycles. The van der Waals surface area contributed by atoms with Crippen LogP contribution >= 0.6 is 0 Å². The van der Waals surface area contributed by atoms with Gasteiger partial charge in [-0.05, 0) is 33.9 Å². The first-order valence-corrected chi connectivity index (χ1v) is 9.66. The fourth-order valence-electron chi connectivity index (χ4n) is 3.46. The Hall–Kier alpha value is -0.893. The van der Waals surface area contributed by atoms with Crippen LogP contribution in [0.3, 0.4) is 0 Å². The van der Waals surface area contributed by atoms with Gasteiger partial charge in [-0.25, -0.2) is 0 Å². The zero-order chi connectivity index (χ0) is 12.5. The topological polar surface area (TPSA) is 12.4 Å². The fraction of sp³-hybridized carbons (Fsp3) is 0.533. The Labute approximate surface area is 105 Å². The molecule has 90 valence electrons. The van der Waals surface area contributed by atoms with Gasteiger partial charge in [0, 0.05) is 11.3 Å². The van der Waals surface area contributed by atoms with Gasteiger partial charge in [-0.2, -0.15) is 0 Å². The molecule has 0 aromatic heterocycles. The van der Waals surface area contributed by atoms with Gasteiger partial charge >= 0.3 is 0 Å². The first-order valence-electron chi connectivity index (χ1n) is 6.66. The van der Waals surface area contributed by atoms with Gasteiger partial charge in [-0.1, -0.05) is 40.8 Å². The van der Waals surface area contributed by atoms with Crippen LogP contribution in [0.5, 0.6) is 0 Å². The van der Waals surface area contributed by atoms with Crippen LogP contribution in [0, 0.1) is 11.8 Å². The van der Waals surface area contributed by atoms with Gasteiger partial charge in [-0.15, -0.1) is 0 Å². The van der Waals surface area contributed by atoms with Gasteiger partial charge in [0.1, 0.15) is 8.07 Å². The van der Waals surface area contributed by atoms with E-state index in [1.165, 1.54) is 17.0 Å². The predicted octanol–water partition coefficient (Wildman–Crippen LogP) is 4.04. The molecule has 0 aromatic carbocycles. The molecule has 4 aliphatic rings. The summed E-state index contributed by atoms with van der Waals surface area (Å²) >= 11 is 0. The summed E-state index contributed by atoms with van der Waals surface area (Å²) in [4.78, 5) is 4.90. The van der Waals surface area contributed by atoms with E-state index < -0.39 is 8.07 Å². The highest BCUT2D eigenvalue weighted by Gasteiger charge is 2.55. The van der Waals surface area contributed by atoms with Crippen molar-refractivity contribution in [3.63, 3.8) is 0 Å². The average Bonchev–Trinajstić information content (AvgIpc) is 2.74. The maximum Gasteiger partial charge on any atom is 0.116 e. The highest BCUT2D eigenvalue weighted by Crippen LogP contribution is 2.60. The number of hydrogen-bond donors (Lipinski definition) is 0. The maximum atomic E-state index is 4.90. The second-order valence-electron chi connectivity index (χ2n) is 6.54. The quantitative estimate of drug-likeness (QED) is 0.649. The number of nitrogens with zero attached hydrogens (tertiary/aromatic N) is 1. The van der Waals surface area contributed by atoms with Crippen LogP contribution in [-0.2, 0) is 0 Å². The van der Waals surface area contributed by atoms with Crippen LogP contribution in [0.1, 0.15) is 27.7 Å². The second kappa shape index (κ2) is 3.11. The highest BCUT2D eigenvalue weighted by atomic mass is 28.3. The van der Waals surface area contributed by atoms with Crippen LogP contribution in [-0.4, -0.2) is 13.8 Å². The van der Waals surface area contributed by atoms with Crippen molar-refractivity contribution < 1.29 is 0 Å². The summed E-state index contributed by atoms with van der Waals surface area (Å²) in [6.45, 7) is 14.0. The van der Waals surface area contributed by atoms with Gasteiger partial charge in [0.2, 0.25) is 0 Å². The van der Waals surface area contributed by atoms with E-state index in [4.69, 9.17) is 4.99 Å². The molecule has 0 N–H and O–H groups in total. The van der Waals surface area contributed by atoms with Crippen molar-refractivity contribution in [3.8, 4) is 0 Å². The van der Waals surface area contributed by atoms with Crippen LogP contribution in [0.25, 0.3) is 0 Å². The molecule has 17 heavy (non-hydrogen) atoms. The molecule has 2 bridgehead atoms. The first kappa shape index (κ1) is 11.2. The molecule has 1 aliphatic carbocycles. The first-order chi connectivity index (χ1) is 7.85. The highest BCUT2D eigenvalue weighted by molar-refractivity contribution is 6.97. The van der Waals surface area contributed by atoms with Crippen molar-refractivity contribution in [2.24, 2.45) is 16.8 Å². The number of allylic oxidation sites excluding steroid dienone is 4. The minimum atomic E-state index is -1.25. The molecule has 0 radical (unpaired) electrons. The zero-order valence-corrected chi connectivity index (χ0v) is 12.7. The second-order valence-corrected chi connectivity index (χ2v) is 10.8. The molecule has 0 aromatic rings. The molecular formula is C15H21NSi. The van der Waals surface area contributed by atoms with E-state index in [0.717, 1.165) is 0 Å². The lowest BCUT2D eigenvalue weighted by Gasteiger charge is -2.38. The molecule has 4 rings (SSSR count). The minimum absolute atomic E-state index is 0.550. The van der Waals surface area contributed by atoms with Gasteiger partial charge in [0.25, 0.3) is 0 Å². The molecule has 0 spiro atoms. The van der Waals surface area contributed by atoms with Gasteiger partial charge in [0.05, 0.1) is 5.70 Å². The molecule has 1 nitrogen and oxygen atoms in total. The predicted molar refractivity (Wildman–Crippen MR) is 76.7 cm³/mol. The Morgan fingerprint density at radius 3 is 2.12 bits per heavy atom. The van der Waals surface area contributed by atoms with Crippen molar-refractivity contribution in [3.05, 3.63) is 33.3 Å². The van der Waals surface area contributed by atoms with Crippen LogP contribution < -0.4 is 0 Å². The summed E-state index contributed by atoms with van der Waals surface area (Å²) in [5.74, 6) is 1.21. The molecule has 0 saturated carbocycles. The molecule has 2 heteroatoms. The Morgan fingerprint density at radius 2 is 1.65 bits per heavy atom. The molecule has 0 amide bonds. The lowest BCUT2D eigenvalue weighted by atomic mass is 10.0. The third-order valence-electron chi connectivity index (χ3n) is 4.25. The third-order valence-corrected chi connectivity index (χ3v) is 7.80. The SMILES string of the molecule is CC(C)C1=NC2=C3C(C(C)C)=C(C2=C1)[Si]3(C)C. The van der Waals surface area contributed by atoms with E-state index in [-0.39, 0.29) is 0 Å². The molecule has 0 unspecified atom stereocenters. The van der Waals surface area contributed by atoms with Crippen molar-refractivity contribution >= 4 is 13.8 Å². The van der Waals surface area contributed by atoms with E-state index in [0.29, 0.717) is 11.8 Å². The fourth-order valence-corrected chi connectivity index (χ4v) is 7.34. The summed E-state index contributed by atoms with van der Waals surface area (Å²) in [6, 6.07) is 0. The molecule has 3 aliphatic heterocycles. The Balaban J connectivity index is 2.15. The van der Waals surface area contributed by atoms with E-state index in [1.807, 2.05) is 0 Å². The number of hydrogen-bond acceptors (Lipinski definition) is 1. The average molecular weight is 243 g/mol. The minimum Gasteiger partial charge on any atom is -0.253 e. The largest absolute Gasteiger partial charge is 0.253 e. The zero-order valence-electron chi connectivity index (χ0n) is 11.7. The van der Waals surface area contributed by atoms with Crippen LogP contribution in [0.4, 0.5) is 0 Å². The van der Waals surface area contributed by atoms with Gasteiger partial charge < -0.3 is 0 Å². The Kier molecular flexibility index (Phi) is 2.05. The van der Waals surface area contributed by atoms with Crippen molar-refractivity contribution in [1.82, 2.24) is 0 Å². The van der Waals surface area contributed by atoms with E-state index in [9.17, 15) is 0 Å². The summed E-state index contributed by atoms with van der Waals surface area (Å²) in [5.41, 5.74) is 5.75. The van der Waals surface area contributed by atoms with Crippen molar-refractivity contribution in [1.29, 1.82) is 0 Å².